The fourth-order valence-electron chi connectivity index (χ4n) is 2.79. The molecule has 0 bridgehead atoms. The van der Waals surface area contributed by atoms with Crippen LogP contribution in [0.5, 0.6) is 11.5 Å². The minimum atomic E-state index is -4.39. The maximum Gasteiger partial charge on any atom is 0.343 e. The third kappa shape index (κ3) is 5.24. The van der Waals surface area contributed by atoms with Crippen LogP contribution >= 0.6 is 0 Å². The molecule has 0 spiro atoms. The second kappa shape index (κ2) is 8.39. The summed E-state index contributed by atoms with van der Waals surface area (Å²) in [5.74, 6) is -2.28. The van der Waals surface area contributed by atoms with Crippen LogP contribution in [0.15, 0.2) is 36.4 Å². The number of ether oxygens (including phenoxy) is 2. The van der Waals surface area contributed by atoms with Crippen molar-refractivity contribution in [1.82, 2.24) is 5.32 Å². The number of hydrogen-bond donors (Lipinski definition) is 5. The van der Waals surface area contributed by atoms with Crippen LogP contribution in [0, 0.1) is 5.41 Å². The Morgan fingerprint density at radius 2 is 1.93 bits per heavy atom. The Labute approximate surface area is 171 Å². The van der Waals surface area contributed by atoms with E-state index < -0.39 is 27.9 Å². The highest BCUT2D eigenvalue weighted by Gasteiger charge is 2.24. The lowest BCUT2D eigenvalue weighted by Gasteiger charge is -2.11. The summed E-state index contributed by atoms with van der Waals surface area (Å²) < 4.78 is 41.3. The van der Waals surface area contributed by atoms with Crippen molar-refractivity contribution in [2.75, 3.05) is 17.8 Å². The molecule has 0 atom stereocenters. The van der Waals surface area contributed by atoms with Crippen LogP contribution in [0.3, 0.4) is 0 Å². The van der Waals surface area contributed by atoms with Crippen molar-refractivity contribution in [2.24, 2.45) is 5.73 Å². The maximum atomic E-state index is 12.4. The van der Waals surface area contributed by atoms with Crippen molar-refractivity contribution in [3.8, 4) is 11.5 Å². The second-order valence-electron chi connectivity index (χ2n) is 6.28. The Hall–Kier alpha value is -3.64. The summed E-state index contributed by atoms with van der Waals surface area (Å²) in [6, 6.07) is 8.78. The van der Waals surface area contributed by atoms with Gasteiger partial charge in [-0.25, -0.2) is 4.79 Å². The van der Waals surface area contributed by atoms with E-state index in [1.54, 1.807) is 0 Å². The third-order valence-electron chi connectivity index (χ3n) is 4.06. The molecule has 11 nitrogen and oxygen atoms in total. The zero-order valence-corrected chi connectivity index (χ0v) is 16.3. The Balaban J connectivity index is 1.80. The number of nitrogens with one attached hydrogen (secondary N) is 3. The molecule has 1 aliphatic rings. The average molecular weight is 434 g/mol. The van der Waals surface area contributed by atoms with Gasteiger partial charge in [-0.05, 0) is 30.3 Å². The molecule has 0 fully saturated rings. The number of fused-ring (bicyclic) bond motifs is 1. The van der Waals surface area contributed by atoms with E-state index in [0.29, 0.717) is 30.0 Å². The van der Waals surface area contributed by atoms with Gasteiger partial charge in [0.1, 0.15) is 17.4 Å². The summed E-state index contributed by atoms with van der Waals surface area (Å²) in [5.41, 5.74) is 6.59. The van der Waals surface area contributed by atoms with Crippen molar-refractivity contribution in [3.05, 3.63) is 53.1 Å². The summed E-state index contributed by atoms with van der Waals surface area (Å²) >= 11 is 0. The summed E-state index contributed by atoms with van der Waals surface area (Å²) in [7, 11) is -4.39. The Morgan fingerprint density at radius 1 is 1.23 bits per heavy atom. The number of hydrogen-bond acceptors (Lipinski definition) is 7. The Bertz CT molecular complexity index is 1110. The van der Waals surface area contributed by atoms with Crippen LogP contribution in [0.1, 0.15) is 26.3 Å². The van der Waals surface area contributed by atoms with Gasteiger partial charge in [-0.2, -0.15) is 8.42 Å². The molecular formula is C18H18N4O7S. The van der Waals surface area contributed by atoms with Gasteiger partial charge in [0.15, 0.2) is 5.96 Å². The predicted octanol–water partition coefficient (Wildman–Crippen LogP) is 0.721. The molecule has 0 unspecified atom stereocenters. The van der Waals surface area contributed by atoms with Crippen LogP contribution in [-0.2, 0) is 16.5 Å². The number of esters is 1. The lowest BCUT2D eigenvalue weighted by molar-refractivity contribution is 0.0733. The molecule has 1 heterocycles. The monoisotopic (exact) mass is 434 g/mol. The SMILES string of the molecule is N=C(N)Nc1ccc(C(=O)Oc2cc3c(c(C(=O)NCS(=O)(=O)O)c2)CCO3)cc1. The number of carbonyl (C=O) groups excluding carboxylic acids is 2. The summed E-state index contributed by atoms with van der Waals surface area (Å²) in [5, 5.41) is 11.9. The molecule has 0 saturated heterocycles. The molecule has 0 radical (unpaired) electrons. The van der Waals surface area contributed by atoms with Gasteiger partial charge < -0.3 is 25.8 Å². The minimum Gasteiger partial charge on any atom is -0.493 e. The van der Waals surface area contributed by atoms with Gasteiger partial charge in [0.25, 0.3) is 16.0 Å². The molecule has 30 heavy (non-hydrogen) atoms. The van der Waals surface area contributed by atoms with E-state index in [4.69, 9.17) is 25.2 Å². The molecule has 2 aromatic rings. The molecule has 0 aliphatic carbocycles. The molecular weight excluding hydrogens is 416 g/mol. The first kappa shape index (κ1) is 21.1. The number of anilines is 1. The maximum absolute atomic E-state index is 12.4. The highest BCUT2D eigenvalue weighted by molar-refractivity contribution is 7.85. The van der Waals surface area contributed by atoms with E-state index in [-0.39, 0.29) is 22.8 Å². The van der Waals surface area contributed by atoms with Crippen LogP contribution in [0.2, 0.25) is 0 Å². The van der Waals surface area contributed by atoms with Gasteiger partial charge >= 0.3 is 5.97 Å². The van der Waals surface area contributed by atoms with Crippen molar-refractivity contribution in [1.29, 1.82) is 5.41 Å². The molecule has 1 aliphatic heterocycles. The fourth-order valence-corrected chi connectivity index (χ4v) is 3.11. The van der Waals surface area contributed by atoms with Gasteiger partial charge in [-0.15, -0.1) is 0 Å². The van der Waals surface area contributed by atoms with E-state index in [2.05, 4.69) is 10.6 Å². The van der Waals surface area contributed by atoms with Gasteiger partial charge in [0, 0.05) is 23.7 Å². The predicted molar refractivity (Wildman–Crippen MR) is 106 cm³/mol. The van der Waals surface area contributed by atoms with E-state index in [9.17, 15) is 18.0 Å². The number of guanidine groups is 1. The van der Waals surface area contributed by atoms with Gasteiger partial charge in [0.05, 0.1) is 17.7 Å². The Kier molecular flexibility index (Phi) is 5.89. The zero-order valence-electron chi connectivity index (χ0n) is 15.5. The molecule has 0 saturated carbocycles. The van der Waals surface area contributed by atoms with Crippen molar-refractivity contribution in [2.45, 2.75) is 6.42 Å². The molecule has 1 amide bonds. The first-order valence-electron chi connectivity index (χ1n) is 8.59. The molecule has 3 rings (SSSR count). The number of rotatable bonds is 6. The second-order valence-corrected chi connectivity index (χ2v) is 7.74. The van der Waals surface area contributed by atoms with E-state index >= 15 is 0 Å². The Morgan fingerprint density at radius 3 is 2.57 bits per heavy atom. The third-order valence-corrected chi connectivity index (χ3v) is 4.57. The first-order chi connectivity index (χ1) is 14.1. The standard InChI is InChI=1S/C18H18N4O7S/c19-18(20)22-11-3-1-10(2-4-11)17(24)29-12-7-14(13-5-6-28-15(13)8-12)16(23)21-9-30(25,26)27/h1-4,7-8H,5-6,9H2,(H,21,23)(H4,19,20,22)(H,25,26,27). The largest absolute Gasteiger partial charge is 0.493 e. The van der Waals surface area contributed by atoms with Crippen LogP contribution in [-0.4, -0.2) is 43.3 Å². The van der Waals surface area contributed by atoms with E-state index in [1.165, 1.54) is 36.4 Å². The van der Waals surface area contributed by atoms with Crippen molar-refractivity contribution < 1.29 is 32.0 Å². The number of amides is 1. The first-order valence-corrected chi connectivity index (χ1v) is 10.2. The zero-order chi connectivity index (χ0) is 21.9. The number of carbonyl (C=O) groups is 2. The topological polar surface area (TPSA) is 181 Å². The normalized spacial score (nSPS) is 12.4. The molecule has 12 heteroatoms. The van der Waals surface area contributed by atoms with Crippen LogP contribution in [0.4, 0.5) is 5.69 Å². The van der Waals surface area contributed by atoms with Crippen molar-refractivity contribution >= 4 is 33.6 Å². The molecule has 2 aromatic carbocycles. The number of nitrogens with two attached hydrogens (primary N) is 1. The summed E-state index contributed by atoms with van der Waals surface area (Å²) in [6.07, 6.45) is 0.419. The highest BCUT2D eigenvalue weighted by atomic mass is 32.2. The van der Waals surface area contributed by atoms with Gasteiger partial charge in [-0.3, -0.25) is 14.8 Å². The fraction of sp³-hybridized carbons (Fsp3) is 0.167. The molecule has 0 aromatic heterocycles. The summed E-state index contributed by atoms with van der Waals surface area (Å²) in [4.78, 5) is 24.8. The van der Waals surface area contributed by atoms with Gasteiger partial charge in [-0.1, -0.05) is 0 Å². The lowest BCUT2D eigenvalue weighted by Crippen LogP contribution is -2.29. The lowest BCUT2D eigenvalue weighted by atomic mass is 10.0. The van der Waals surface area contributed by atoms with Crippen molar-refractivity contribution in [3.63, 3.8) is 0 Å². The van der Waals surface area contributed by atoms with E-state index in [0.717, 1.165) is 0 Å². The smallest absolute Gasteiger partial charge is 0.343 e. The average Bonchev–Trinajstić information content (AvgIpc) is 3.13. The van der Waals surface area contributed by atoms with E-state index in [1.807, 2.05) is 0 Å². The quantitative estimate of drug-likeness (QED) is 0.144. The van der Waals surface area contributed by atoms with Crippen LogP contribution in [0.25, 0.3) is 0 Å². The van der Waals surface area contributed by atoms with Crippen LogP contribution < -0.4 is 25.8 Å². The summed E-state index contributed by atoms with van der Waals surface area (Å²) in [6.45, 7) is 0.315. The minimum absolute atomic E-state index is 0.0311. The highest BCUT2D eigenvalue weighted by Crippen LogP contribution is 2.33. The van der Waals surface area contributed by atoms with Gasteiger partial charge in [0.2, 0.25) is 0 Å². The number of benzene rings is 2. The molecule has 6 N–H and O–H groups in total. The molecule has 158 valence electrons.